The van der Waals surface area contributed by atoms with Gasteiger partial charge in [0.25, 0.3) is 12.1 Å². The minimum Gasteiger partial charge on any atom is -0.411 e. The Morgan fingerprint density at radius 2 is 2.14 bits per heavy atom. The van der Waals surface area contributed by atoms with Crippen molar-refractivity contribution in [1.29, 1.82) is 0 Å². The van der Waals surface area contributed by atoms with Crippen molar-refractivity contribution >= 4 is 5.69 Å². The van der Waals surface area contributed by atoms with Crippen LogP contribution in [0.2, 0.25) is 0 Å². The maximum Gasteiger partial charge on any atom is 0.270 e. The number of non-ortho nitro benzene ring substituents is 1. The molecule has 0 aliphatic carbocycles. The highest BCUT2D eigenvalue weighted by atomic mass is 19.3. The van der Waals surface area contributed by atoms with Gasteiger partial charge in [0.1, 0.15) is 0 Å². The third kappa shape index (κ3) is 1.94. The zero-order valence-electron chi connectivity index (χ0n) is 6.81. The molecular formula is C7H6F2N2O3. The molecule has 0 unspecified atom stereocenters. The lowest BCUT2D eigenvalue weighted by Gasteiger charge is -2.05. The van der Waals surface area contributed by atoms with Crippen LogP contribution in [0.15, 0.2) is 18.2 Å². The lowest BCUT2D eigenvalue weighted by molar-refractivity contribution is -0.385. The molecule has 76 valence electrons. The highest BCUT2D eigenvalue weighted by Gasteiger charge is 2.18. The molecule has 14 heavy (non-hydrogen) atoms. The van der Waals surface area contributed by atoms with Crippen molar-refractivity contribution in [2.75, 3.05) is 0 Å². The second-order valence-electron chi connectivity index (χ2n) is 2.40. The average Bonchev–Trinajstić information content (AvgIpc) is 2.16. The minimum absolute atomic E-state index is 0.273. The number of nitrogens with two attached hydrogens (primary N) is 1. The van der Waals surface area contributed by atoms with Gasteiger partial charge < -0.3 is 4.84 Å². The largest absolute Gasteiger partial charge is 0.411 e. The van der Waals surface area contributed by atoms with Crippen LogP contribution in [0, 0.1) is 10.1 Å². The Morgan fingerprint density at radius 1 is 1.50 bits per heavy atom. The van der Waals surface area contributed by atoms with Crippen molar-refractivity contribution in [2.24, 2.45) is 5.90 Å². The normalized spacial score (nSPS) is 10.3. The molecule has 0 radical (unpaired) electrons. The summed E-state index contributed by atoms with van der Waals surface area (Å²) in [5.74, 6) is 4.44. The van der Waals surface area contributed by atoms with Crippen LogP contribution in [0.5, 0.6) is 5.75 Å². The van der Waals surface area contributed by atoms with Gasteiger partial charge in [-0.05, 0) is 6.07 Å². The SMILES string of the molecule is NOc1ccc([N+](=O)[O-])cc1C(F)F. The fourth-order valence-corrected chi connectivity index (χ4v) is 0.927. The van der Waals surface area contributed by atoms with E-state index in [4.69, 9.17) is 5.90 Å². The molecule has 0 aromatic heterocycles. The summed E-state index contributed by atoms with van der Waals surface area (Å²) in [6.07, 6.45) is -2.87. The van der Waals surface area contributed by atoms with Gasteiger partial charge in [-0.1, -0.05) is 0 Å². The summed E-state index contributed by atoms with van der Waals surface area (Å²) in [6, 6.07) is 2.79. The van der Waals surface area contributed by atoms with E-state index in [2.05, 4.69) is 4.84 Å². The van der Waals surface area contributed by atoms with Crippen molar-refractivity contribution < 1.29 is 18.5 Å². The van der Waals surface area contributed by atoms with Gasteiger partial charge in [-0.2, -0.15) is 5.90 Å². The molecule has 0 saturated heterocycles. The highest BCUT2D eigenvalue weighted by molar-refractivity contribution is 5.44. The third-order valence-electron chi connectivity index (χ3n) is 1.57. The van der Waals surface area contributed by atoms with Gasteiger partial charge in [-0.3, -0.25) is 10.1 Å². The van der Waals surface area contributed by atoms with Crippen LogP contribution in [-0.2, 0) is 0 Å². The van der Waals surface area contributed by atoms with Crippen molar-refractivity contribution in [1.82, 2.24) is 0 Å². The van der Waals surface area contributed by atoms with Crippen LogP contribution in [-0.4, -0.2) is 4.92 Å². The first-order valence-corrected chi connectivity index (χ1v) is 3.49. The number of hydrogen-bond donors (Lipinski definition) is 1. The van der Waals surface area contributed by atoms with E-state index in [1.807, 2.05) is 0 Å². The second-order valence-corrected chi connectivity index (χ2v) is 2.40. The summed E-state index contributed by atoms with van der Waals surface area (Å²) < 4.78 is 24.6. The van der Waals surface area contributed by atoms with Gasteiger partial charge in [0.05, 0.1) is 10.5 Å². The van der Waals surface area contributed by atoms with Gasteiger partial charge in [-0.15, -0.1) is 0 Å². The summed E-state index contributed by atoms with van der Waals surface area (Å²) in [6.45, 7) is 0. The minimum atomic E-state index is -2.87. The molecule has 0 aliphatic rings. The van der Waals surface area contributed by atoms with Gasteiger partial charge in [0.2, 0.25) is 0 Å². The number of hydrogen-bond acceptors (Lipinski definition) is 4. The molecule has 1 rings (SSSR count). The quantitative estimate of drug-likeness (QED) is 0.601. The molecule has 0 atom stereocenters. The first kappa shape index (κ1) is 10.3. The Kier molecular flexibility index (Phi) is 2.92. The third-order valence-corrected chi connectivity index (χ3v) is 1.57. The van der Waals surface area contributed by atoms with E-state index in [0.29, 0.717) is 0 Å². The van der Waals surface area contributed by atoms with E-state index in [0.717, 1.165) is 18.2 Å². The van der Waals surface area contributed by atoms with Gasteiger partial charge in [0.15, 0.2) is 5.75 Å². The predicted octanol–water partition coefficient (Wildman–Crippen LogP) is 1.78. The average molecular weight is 204 g/mol. The Labute approximate surface area is 77.2 Å². The fraction of sp³-hybridized carbons (Fsp3) is 0.143. The number of nitrogens with zero attached hydrogens (tertiary/aromatic N) is 1. The molecule has 0 heterocycles. The zero-order chi connectivity index (χ0) is 10.7. The molecule has 7 heteroatoms. The maximum absolute atomic E-state index is 12.3. The van der Waals surface area contributed by atoms with E-state index in [1.54, 1.807) is 0 Å². The molecule has 0 aliphatic heterocycles. The summed E-state index contributed by atoms with van der Waals surface area (Å²) in [4.78, 5) is 13.6. The van der Waals surface area contributed by atoms with Crippen LogP contribution in [0.3, 0.4) is 0 Å². The van der Waals surface area contributed by atoms with Gasteiger partial charge in [0, 0.05) is 12.1 Å². The van der Waals surface area contributed by atoms with E-state index in [1.165, 1.54) is 0 Å². The van der Waals surface area contributed by atoms with E-state index < -0.39 is 22.6 Å². The first-order valence-electron chi connectivity index (χ1n) is 3.49. The number of alkyl halides is 2. The van der Waals surface area contributed by atoms with E-state index >= 15 is 0 Å². The molecule has 0 amide bonds. The van der Waals surface area contributed by atoms with Crippen LogP contribution >= 0.6 is 0 Å². The topological polar surface area (TPSA) is 78.4 Å². The molecule has 0 spiro atoms. The Balaban J connectivity index is 3.20. The lowest BCUT2D eigenvalue weighted by Crippen LogP contribution is -2.05. The van der Waals surface area contributed by atoms with Crippen LogP contribution in [0.25, 0.3) is 0 Å². The molecule has 0 saturated carbocycles. The molecule has 0 fully saturated rings. The smallest absolute Gasteiger partial charge is 0.270 e. The monoisotopic (exact) mass is 204 g/mol. The number of nitro groups is 1. The summed E-state index contributed by atoms with van der Waals surface area (Å²) in [7, 11) is 0. The van der Waals surface area contributed by atoms with Crippen molar-refractivity contribution in [3.63, 3.8) is 0 Å². The number of rotatable bonds is 3. The van der Waals surface area contributed by atoms with Crippen LogP contribution in [0.1, 0.15) is 12.0 Å². The Hall–Kier alpha value is -1.76. The van der Waals surface area contributed by atoms with Crippen molar-refractivity contribution in [2.45, 2.75) is 6.43 Å². The summed E-state index contributed by atoms with van der Waals surface area (Å²) in [5.41, 5.74) is -1.03. The number of benzene rings is 1. The number of nitro benzene ring substituents is 1. The Morgan fingerprint density at radius 3 is 2.57 bits per heavy atom. The molecule has 0 bridgehead atoms. The highest BCUT2D eigenvalue weighted by Crippen LogP contribution is 2.31. The van der Waals surface area contributed by atoms with E-state index in [-0.39, 0.29) is 5.75 Å². The zero-order valence-corrected chi connectivity index (χ0v) is 6.81. The summed E-state index contributed by atoms with van der Waals surface area (Å²) in [5, 5.41) is 10.3. The lowest BCUT2D eigenvalue weighted by atomic mass is 10.2. The molecule has 1 aromatic rings. The number of halogens is 2. The van der Waals surface area contributed by atoms with Gasteiger partial charge in [-0.25, -0.2) is 8.78 Å². The molecule has 5 nitrogen and oxygen atoms in total. The van der Waals surface area contributed by atoms with Crippen LogP contribution < -0.4 is 10.7 Å². The summed E-state index contributed by atoms with van der Waals surface area (Å²) >= 11 is 0. The molecule has 1 aromatic carbocycles. The molecular weight excluding hydrogens is 198 g/mol. The van der Waals surface area contributed by atoms with Gasteiger partial charge >= 0.3 is 0 Å². The molecule has 2 N–H and O–H groups in total. The standard InChI is InChI=1S/C7H6F2N2O3/c8-7(9)5-3-4(11(12)13)1-2-6(5)14-10/h1-3,7H,10H2. The fourth-order valence-electron chi connectivity index (χ4n) is 0.927. The second kappa shape index (κ2) is 3.97. The van der Waals surface area contributed by atoms with E-state index in [9.17, 15) is 18.9 Å². The maximum atomic E-state index is 12.3. The van der Waals surface area contributed by atoms with Crippen molar-refractivity contribution in [3.8, 4) is 5.75 Å². The van der Waals surface area contributed by atoms with Crippen LogP contribution in [0.4, 0.5) is 14.5 Å². The van der Waals surface area contributed by atoms with Crippen molar-refractivity contribution in [3.05, 3.63) is 33.9 Å². The predicted molar refractivity (Wildman–Crippen MR) is 42.9 cm³/mol. The first-order chi connectivity index (χ1) is 6.56. The Bertz CT molecular complexity index is 357.